The molecule has 0 atom stereocenters. The maximum atomic E-state index is 13.1. The molecule has 0 bridgehead atoms. The SMILES string of the molecule is COc1ccc(NC(=O)c2cccc(S(=O)(=O)N(C)c3ccccc3)c2)cc1OC1CCCC1. The van der Waals surface area contributed by atoms with Crippen LogP contribution in [0.15, 0.2) is 77.7 Å². The molecule has 0 unspecified atom stereocenters. The first kappa shape index (κ1) is 23.6. The predicted octanol–water partition coefficient (Wildman–Crippen LogP) is 5.09. The third-order valence-corrected chi connectivity index (χ3v) is 7.67. The summed E-state index contributed by atoms with van der Waals surface area (Å²) in [5, 5.41) is 2.83. The number of hydrogen-bond donors (Lipinski definition) is 1. The number of nitrogens with zero attached hydrogens (tertiary/aromatic N) is 1. The zero-order chi connectivity index (χ0) is 24.1. The van der Waals surface area contributed by atoms with Crippen LogP contribution >= 0.6 is 0 Å². The number of ether oxygens (including phenoxy) is 2. The fraction of sp³-hybridized carbons (Fsp3) is 0.269. The zero-order valence-electron chi connectivity index (χ0n) is 19.2. The second-order valence-electron chi connectivity index (χ2n) is 8.18. The number of carbonyl (C=O) groups excluding carboxylic acids is 1. The molecule has 7 nitrogen and oxygen atoms in total. The van der Waals surface area contributed by atoms with E-state index in [0.717, 1.165) is 25.7 Å². The van der Waals surface area contributed by atoms with E-state index >= 15 is 0 Å². The molecular weight excluding hydrogens is 452 g/mol. The second kappa shape index (κ2) is 10.2. The van der Waals surface area contributed by atoms with Crippen molar-refractivity contribution in [3.8, 4) is 11.5 Å². The van der Waals surface area contributed by atoms with Gasteiger partial charge in [-0.2, -0.15) is 0 Å². The Morgan fingerprint density at radius 1 is 0.941 bits per heavy atom. The number of rotatable bonds is 8. The van der Waals surface area contributed by atoms with Gasteiger partial charge in [0.15, 0.2) is 11.5 Å². The molecular formula is C26H28N2O5S. The first-order valence-corrected chi connectivity index (χ1v) is 12.6. The van der Waals surface area contributed by atoms with E-state index in [1.54, 1.807) is 61.7 Å². The Bertz CT molecular complexity index is 1260. The minimum Gasteiger partial charge on any atom is -0.493 e. The molecule has 1 fully saturated rings. The molecule has 1 amide bonds. The molecule has 34 heavy (non-hydrogen) atoms. The summed E-state index contributed by atoms with van der Waals surface area (Å²) in [6.45, 7) is 0. The van der Waals surface area contributed by atoms with E-state index < -0.39 is 15.9 Å². The van der Waals surface area contributed by atoms with Gasteiger partial charge in [0.1, 0.15) is 0 Å². The molecule has 1 N–H and O–H groups in total. The van der Waals surface area contributed by atoms with Gasteiger partial charge in [-0.3, -0.25) is 9.10 Å². The normalized spacial score (nSPS) is 13.9. The molecule has 3 aromatic rings. The Morgan fingerprint density at radius 2 is 1.68 bits per heavy atom. The van der Waals surface area contributed by atoms with Crippen molar-refractivity contribution >= 4 is 27.3 Å². The van der Waals surface area contributed by atoms with Crippen LogP contribution in [0.25, 0.3) is 0 Å². The number of sulfonamides is 1. The molecule has 1 aliphatic rings. The van der Waals surface area contributed by atoms with Crippen molar-refractivity contribution in [1.29, 1.82) is 0 Å². The number of para-hydroxylation sites is 1. The molecule has 0 aromatic heterocycles. The largest absolute Gasteiger partial charge is 0.493 e. The lowest BCUT2D eigenvalue weighted by Gasteiger charge is -2.20. The van der Waals surface area contributed by atoms with Gasteiger partial charge in [0, 0.05) is 24.4 Å². The number of nitrogens with one attached hydrogen (secondary N) is 1. The van der Waals surface area contributed by atoms with Gasteiger partial charge in [0.2, 0.25) is 0 Å². The van der Waals surface area contributed by atoms with Crippen molar-refractivity contribution in [2.75, 3.05) is 23.8 Å². The maximum absolute atomic E-state index is 13.1. The monoisotopic (exact) mass is 480 g/mol. The molecule has 1 aliphatic carbocycles. The summed E-state index contributed by atoms with van der Waals surface area (Å²) in [5.41, 5.74) is 1.30. The van der Waals surface area contributed by atoms with Crippen molar-refractivity contribution in [2.24, 2.45) is 0 Å². The van der Waals surface area contributed by atoms with Crippen LogP contribution in [0.4, 0.5) is 11.4 Å². The smallest absolute Gasteiger partial charge is 0.264 e. The van der Waals surface area contributed by atoms with Gasteiger partial charge in [-0.25, -0.2) is 8.42 Å². The van der Waals surface area contributed by atoms with Gasteiger partial charge in [0.05, 0.1) is 23.8 Å². The average molecular weight is 481 g/mol. The lowest BCUT2D eigenvalue weighted by atomic mass is 10.2. The lowest BCUT2D eigenvalue weighted by Crippen LogP contribution is -2.26. The summed E-state index contributed by atoms with van der Waals surface area (Å²) in [6.07, 6.45) is 4.42. The van der Waals surface area contributed by atoms with Gasteiger partial charge >= 0.3 is 0 Å². The highest BCUT2D eigenvalue weighted by molar-refractivity contribution is 7.92. The van der Waals surface area contributed by atoms with Gasteiger partial charge in [0.25, 0.3) is 15.9 Å². The highest BCUT2D eigenvalue weighted by Gasteiger charge is 2.23. The molecule has 0 heterocycles. The molecule has 0 radical (unpaired) electrons. The van der Waals surface area contributed by atoms with Crippen LogP contribution in [0.5, 0.6) is 11.5 Å². The van der Waals surface area contributed by atoms with Crippen LogP contribution in [-0.4, -0.2) is 34.6 Å². The van der Waals surface area contributed by atoms with Gasteiger partial charge in [-0.05, 0) is 68.1 Å². The Labute approximate surface area is 200 Å². The van der Waals surface area contributed by atoms with Crippen molar-refractivity contribution in [2.45, 2.75) is 36.7 Å². The summed E-state index contributed by atoms with van der Waals surface area (Å²) in [4.78, 5) is 13.0. The van der Waals surface area contributed by atoms with E-state index in [0.29, 0.717) is 22.9 Å². The van der Waals surface area contributed by atoms with Crippen molar-refractivity contribution in [1.82, 2.24) is 0 Å². The summed E-state index contributed by atoms with van der Waals surface area (Å²) in [6, 6.07) is 20.0. The highest BCUT2D eigenvalue weighted by Crippen LogP contribution is 2.34. The molecule has 0 saturated heterocycles. The minimum absolute atomic E-state index is 0.0338. The maximum Gasteiger partial charge on any atom is 0.264 e. The van der Waals surface area contributed by atoms with E-state index in [1.165, 1.54) is 23.5 Å². The van der Waals surface area contributed by atoms with E-state index in [-0.39, 0.29) is 16.6 Å². The Hall–Kier alpha value is -3.52. The van der Waals surface area contributed by atoms with Crippen molar-refractivity contribution in [3.63, 3.8) is 0 Å². The van der Waals surface area contributed by atoms with Crippen LogP contribution < -0.4 is 19.1 Å². The highest BCUT2D eigenvalue weighted by atomic mass is 32.2. The standard InChI is InChI=1S/C26H28N2O5S/c1-28(21-10-4-3-5-11-21)34(30,31)23-14-8-9-19(17-23)26(29)27-20-15-16-24(32-2)25(18-20)33-22-12-6-7-13-22/h3-5,8-11,14-18,22H,6-7,12-13H2,1-2H3,(H,27,29). The lowest BCUT2D eigenvalue weighted by molar-refractivity contribution is 0.102. The van der Waals surface area contributed by atoms with Gasteiger partial charge in [-0.1, -0.05) is 24.3 Å². The van der Waals surface area contributed by atoms with Crippen molar-refractivity contribution < 1.29 is 22.7 Å². The van der Waals surface area contributed by atoms with E-state index in [9.17, 15) is 13.2 Å². The number of anilines is 2. The predicted molar refractivity (Wildman–Crippen MR) is 132 cm³/mol. The number of benzene rings is 3. The summed E-state index contributed by atoms with van der Waals surface area (Å²) < 4.78 is 38.9. The molecule has 178 valence electrons. The summed E-state index contributed by atoms with van der Waals surface area (Å²) in [5.74, 6) is 0.756. The second-order valence-corrected chi connectivity index (χ2v) is 10.1. The first-order chi connectivity index (χ1) is 16.4. The topological polar surface area (TPSA) is 84.9 Å². The minimum atomic E-state index is -3.83. The van der Waals surface area contributed by atoms with Gasteiger partial charge < -0.3 is 14.8 Å². The number of carbonyl (C=O) groups is 1. The summed E-state index contributed by atoms with van der Waals surface area (Å²) in [7, 11) is -0.770. The molecule has 1 saturated carbocycles. The van der Waals surface area contributed by atoms with Crippen LogP contribution in [0.3, 0.4) is 0 Å². The summed E-state index contributed by atoms with van der Waals surface area (Å²) >= 11 is 0. The van der Waals surface area contributed by atoms with E-state index in [1.807, 2.05) is 6.07 Å². The van der Waals surface area contributed by atoms with E-state index in [2.05, 4.69) is 5.32 Å². The quantitative estimate of drug-likeness (QED) is 0.485. The van der Waals surface area contributed by atoms with Crippen LogP contribution in [0, 0.1) is 0 Å². The average Bonchev–Trinajstić information content (AvgIpc) is 3.37. The fourth-order valence-electron chi connectivity index (χ4n) is 3.97. The molecule has 8 heteroatoms. The Morgan fingerprint density at radius 3 is 2.38 bits per heavy atom. The van der Waals surface area contributed by atoms with Crippen LogP contribution in [0.2, 0.25) is 0 Å². The number of amides is 1. The number of hydrogen-bond acceptors (Lipinski definition) is 5. The first-order valence-electron chi connectivity index (χ1n) is 11.2. The third kappa shape index (κ3) is 5.17. The van der Waals surface area contributed by atoms with Gasteiger partial charge in [-0.15, -0.1) is 0 Å². The Balaban J connectivity index is 1.53. The molecule has 4 rings (SSSR count). The Kier molecular flexibility index (Phi) is 7.07. The number of methoxy groups -OCH3 is 1. The fourth-order valence-corrected chi connectivity index (χ4v) is 5.21. The third-order valence-electron chi connectivity index (χ3n) is 5.89. The van der Waals surface area contributed by atoms with Crippen LogP contribution in [0.1, 0.15) is 36.0 Å². The zero-order valence-corrected chi connectivity index (χ0v) is 20.0. The molecule has 0 aliphatic heterocycles. The van der Waals surface area contributed by atoms with Crippen LogP contribution in [-0.2, 0) is 10.0 Å². The van der Waals surface area contributed by atoms with E-state index in [4.69, 9.17) is 9.47 Å². The molecule has 3 aromatic carbocycles. The molecule has 0 spiro atoms. The van der Waals surface area contributed by atoms with Crippen molar-refractivity contribution in [3.05, 3.63) is 78.4 Å².